The second-order valence-corrected chi connectivity index (χ2v) is 4.77. The molecule has 0 saturated carbocycles. The summed E-state index contributed by atoms with van der Waals surface area (Å²) < 4.78 is 0. The number of ketones is 2. The SMILES string of the molecule is N#CCC=Cc1ccc2c(c1)-c1ccccc1C(=O)C2=O. The van der Waals surface area contributed by atoms with E-state index < -0.39 is 11.6 Å². The van der Waals surface area contributed by atoms with Crippen molar-refractivity contribution >= 4 is 17.6 Å². The predicted molar refractivity (Wildman–Crippen MR) is 79.8 cm³/mol. The van der Waals surface area contributed by atoms with Gasteiger partial charge in [-0.15, -0.1) is 0 Å². The van der Waals surface area contributed by atoms with Gasteiger partial charge in [-0.2, -0.15) is 5.26 Å². The number of hydrogen-bond acceptors (Lipinski definition) is 3. The Bertz CT molecular complexity index is 825. The molecular formula is C18H11NO2. The summed E-state index contributed by atoms with van der Waals surface area (Å²) in [4.78, 5) is 24.2. The molecule has 1 aliphatic rings. The van der Waals surface area contributed by atoms with Crippen LogP contribution in [-0.4, -0.2) is 11.6 Å². The van der Waals surface area contributed by atoms with Crippen molar-refractivity contribution in [2.45, 2.75) is 6.42 Å². The van der Waals surface area contributed by atoms with Gasteiger partial charge < -0.3 is 0 Å². The molecule has 3 heteroatoms. The number of nitriles is 1. The molecule has 21 heavy (non-hydrogen) atoms. The fraction of sp³-hybridized carbons (Fsp3) is 0.0556. The summed E-state index contributed by atoms with van der Waals surface area (Å²) in [5.41, 5.74) is 3.35. The first-order valence-electron chi connectivity index (χ1n) is 6.58. The highest BCUT2D eigenvalue weighted by Crippen LogP contribution is 2.34. The van der Waals surface area contributed by atoms with E-state index in [-0.39, 0.29) is 0 Å². The monoisotopic (exact) mass is 273 g/mol. The molecule has 0 fully saturated rings. The topological polar surface area (TPSA) is 57.9 Å². The molecule has 1 aliphatic carbocycles. The summed E-state index contributed by atoms with van der Waals surface area (Å²) in [6, 6.07) is 14.5. The van der Waals surface area contributed by atoms with Gasteiger partial charge in [-0.3, -0.25) is 9.59 Å². The van der Waals surface area contributed by atoms with Crippen LogP contribution < -0.4 is 0 Å². The quantitative estimate of drug-likeness (QED) is 0.784. The Morgan fingerprint density at radius 3 is 2.29 bits per heavy atom. The van der Waals surface area contributed by atoms with Crippen LogP contribution in [0.3, 0.4) is 0 Å². The molecule has 0 N–H and O–H groups in total. The van der Waals surface area contributed by atoms with Gasteiger partial charge in [-0.05, 0) is 28.8 Å². The Labute approximate surface area is 122 Å². The zero-order valence-corrected chi connectivity index (χ0v) is 11.2. The predicted octanol–water partition coefficient (Wildman–Crippen LogP) is 3.66. The Morgan fingerprint density at radius 1 is 0.905 bits per heavy atom. The Morgan fingerprint density at radius 2 is 1.57 bits per heavy atom. The van der Waals surface area contributed by atoms with Gasteiger partial charge >= 0.3 is 0 Å². The van der Waals surface area contributed by atoms with Gasteiger partial charge in [0.1, 0.15) is 0 Å². The van der Waals surface area contributed by atoms with Crippen molar-refractivity contribution in [3.8, 4) is 17.2 Å². The first kappa shape index (κ1) is 13.0. The minimum atomic E-state index is -0.462. The van der Waals surface area contributed by atoms with E-state index in [0.29, 0.717) is 17.5 Å². The highest BCUT2D eigenvalue weighted by Gasteiger charge is 2.29. The lowest BCUT2D eigenvalue weighted by atomic mass is 9.83. The second kappa shape index (κ2) is 5.18. The molecule has 0 bridgehead atoms. The van der Waals surface area contributed by atoms with Gasteiger partial charge in [-0.25, -0.2) is 0 Å². The third-order valence-electron chi connectivity index (χ3n) is 3.48. The van der Waals surface area contributed by atoms with E-state index in [0.717, 1.165) is 16.7 Å². The molecular weight excluding hydrogens is 262 g/mol. The molecule has 3 rings (SSSR count). The van der Waals surface area contributed by atoms with Crippen molar-refractivity contribution < 1.29 is 9.59 Å². The molecule has 0 atom stereocenters. The maximum Gasteiger partial charge on any atom is 0.234 e. The number of rotatable bonds is 2. The summed E-state index contributed by atoms with van der Waals surface area (Å²) in [5, 5.41) is 8.55. The minimum Gasteiger partial charge on any atom is -0.285 e. The summed E-state index contributed by atoms with van der Waals surface area (Å²) in [7, 11) is 0. The van der Waals surface area contributed by atoms with Gasteiger partial charge in [0.25, 0.3) is 0 Å². The van der Waals surface area contributed by atoms with Crippen molar-refractivity contribution in [2.24, 2.45) is 0 Å². The maximum atomic E-state index is 12.1. The fourth-order valence-electron chi connectivity index (χ4n) is 2.49. The molecule has 0 amide bonds. The van der Waals surface area contributed by atoms with Crippen LogP contribution in [0.15, 0.2) is 48.5 Å². The molecule has 0 radical (unpaired) electrons. The van der Waals surface area contributed by atoms with E-state index in [1.807, 2.05) is 30.3 Å². The number of fused-ring (bicyclic) bond motifs is 3. The van der Waals surface area contributed by atoms with Crippen LogP contribution in [0.4, 0.5) is 0 Å². The van der Waals surface area contributed by atoms with Crippen molar-refractivity contribution in [1.82, 2.24) is 0 Å². The molecule has 0 unspecified atom stereocenters. The van der Waals surface area contributed by atoms with E-state index in [9.17, 15) is 9.59 Å². The van der Waals surface area contributed by atoms with E-state index in [2.05, 4.69) is 0 Å². The lowest BCUT2D eigenvalue weighted by Gasteiger charge is -2.18. The molecule has 3 nitrogen and oxygen atoms in total. The highest BCUT2D eigenvalue weighted by atomic mass is 16.2. The van der Waals surface area contributed by atoms with Gasteiger partial charge in [0, 0.05) is 11.1 Å². The number of hydrogen-bond donors (Lipinski definition) is 0. The van der Waals surface area contributed by atoms with Crippen LogP contribution >= 0.6 is 0 Å². The molecule has 2 aromatic carbocycles. The van der Waals surface area contributed by atoms with E-state index in [1.165, 1.54) is 0 Å². The maximum absolute atomic E-state index is 12.1. The number of benzene rings is 2. The zero-order chi connectivity index (χ0) is 14.8. The normalized spacial score (nSPS) is 12.9. The van der Waals surface area contributed by atoms with Crippen LogP contribution in [0, 0.1) is 11.3 Å². The number of carbonyl (C=O) groups excluding carboxylic acids is 2. The minimum absolute atomic E-state index is 0.338. The second-order valence-electron chi connectivity index (χ2n) is 4.77. The Balaban J connectivity index is 2.16. The number of nitrogens with zero attached hydrogens (tertiary/aromatic N) is 1. The largest absolute Gasteiger partial charge is 0.285 e. The standard InChI is InChI=1S/C18H11NO2/c19-10-4-3-5-12-8-9-15-16(11-12)13-6-1-2-7-14(13)17(20)18(15)21/h1-3,5-9,11H,4H2. The average Bonchev–Trinajstić information content (AvgIpc) is 2.53. The Kier molecular flexibility index (Phi) is 3.21. The van der Waals surface area contributed by atoms with Crippen molar-refractivity contribution in [2.75, 3.05) is 0 Å². The molecule has 0 spiro atoms. The number of allylic oxidation sites excluding steroid dienone is 1. The molecule has 0 heterocycles. The zero-order valence-electron chi connectivity index (χ0n) is 11.2. The van der Waals surface area contributed by atoms with Crippen LogP contribution in [0.2, 0.25) is 0 Å². The molecule has 0 aromatic heterocycles. The van der Waals surface area contributed by atoms with E-state index >= 15 is 0 Å². The summed E-state index contributed by atoms with van der Waals surface area (Å²) >= 11 is 0. The lowest BCUT2D eigenvalue weighted by Crippen LogP contribution is -2.21. The summed E-state index contributed by atoms with van der Waals surface area (Å²) in [6.07, 6.45) is 3.95. The Hall–Kier alpha value is -2.99. The van der Waals surface area contributed by atoms with Gasteiger partial charge in [-0.1, -0.05) is 42.5 Å². The smallest absolute Gasteiger partial charge is 0.234 e. The summed E-state index contributed by atoms with van der Waals surface area (Å²) in [5.74, 6) is -0.915. The van der Waals surface area contributed by atoms with Gasteiger partial charge in [0.2, 0.25) is 11.6 Å². The van der Waals surface area contributed by atoms with Crippen molar-refractivity contribution in [3.05, 3.63) is 65.2 Å². The molecule has 0 aliphatic heterocycles. The summed E-state index contributed by atoms with van der Waals surface area (Å²) in [6.45, 7) is 0. The lowest BCUT2D eigenvalue weighted by molar-refractivity contribution is 0.0815. The van der Waals surface area contributed by atoms with Crippen molar-refractivity contribution in [3.63, 3.8) is 0 Å². The molecule has 100 valence electrons. The van der Waals surface area contributed by atoms with E-state index in [4.69, 9.17) is 5.26 Å². The van der Waals surface area contributed by atoms with Crippen LogP contribution in [0.1, 0.15) is 32.7 Å². The van der Waals surface area contributed by atoms with Crippen LogP contribution in [0.25, 0.3) is 17.2 Å². The molecule has 2 aromatic rings. The van der Waals surface area contributed by atoms with Crippen molar-refractivity contribution in [1.29, 1.82) is 5.26 Å². The molecule has 0 saturated heterocycles. The first-order valence-corrected chi connectivity index (χ1v) is 6.58. The first-order chi connectivity index (χ1) is 10.2. The van der Waals surface area contributed by atoms with Gasteiger partial charge in [0.05, 0.1) is 12.5 Å². The van der Waals surface area contributed by atoms with Gasteiger partial charge in [0.15, 0.2) is 0 Å². The van der Waals surface area contributed by atoms with Crippen LogP contribution in [-0.2, 0) is 0 Å². The fourth-order valence-corrected chi connectivity index (χ4v) is 2.49. The highest BCUT2D eigenvalue weighted by molar-refractivity contribution is 6.53. The third kappa shape index (κ3) is 2.17. The number of carbonyl (C=O) groups is 2. The average molecular weight is 273 g/mol. The van der Waals surface area contributed by atoms with E-state index in [1.54, 1.807) is 30.3 Å². The number of Topliss-reactive ketones (excluding diaryl/α,β-unsaturated/α-hetero) is 2. The van der Waals surface area contributed by atoms with Crippen LogP contribution in [0.5, 0.6) is 0 Å². The third-order valence-corrected chi connectivity index (χ3v) is 3.48.